The molecule has 6 aliphatic rings. The Morgan fingerprint density at radius 1 is 0.923 bits per heavy atom. The summed E-state index contributed by atoms with van der Waals surface area (Å²) in [7, 11) is 0. The van der Waals surface area contributed by atoms with E-state index in [1.807, 2.05) is 0 Å². The number of ether oxygens (including phenoxy) is 2. The molecule has 0 aromatic carbocycles. The predicted molar refractivity (Wildman–Crippen MR) is 94.3 cm³/mol. The number of carbonyl (C=O) groups is 2. The van der Waals surface area contributed by atoms with Gasteiger partial charge in [0.2, 0.25) is 0 Å². The molecule has 4 aliphatic carbocycles. The van der Waals surface area contributed by atoms with Crippen LogP contribution in [0.4, 0.5) is 0 Å². The lowest BCUT2D eigenvalue weighted by atomic mass is 9.44. The fourth-order valence-corrected chi connectivity index (χ4v) is 8.78. The van der Waals surface area contributed by atoms with Crippen LogP contribution in [0.15, 0.2) is 0 Å². The van der Waals surface area contributed by atoms with Crippen molar-refractivity contribution in [3.63, 3.8) is 0 Å². The highest BCUT2D eigenvalue weighted by Gasteiger charge is 2.82. The first-order valence-corrected chi connectivity index (χ1v) is 10.8. The van der Waals surface area contributed by atoms with E-state index in [4.69, 9.17) is 9.47 Å². The van der Waals surface area contributed by atoms with Crippen LogP contribution in [-0.4, -0.2) is 29.1 Å². The van der Waals surface area contributed by atoms with E-state index >= 15 is 0 Å². The lowest BCUT2D eigenvalue weighted by Crippen LogP contribution is -2.62. The first kappa shape index (κ1) is 16.1. The Hall–Kier alpha value is -0.900. The summed E-state index contributed by atoms with van der Waals surface area (Å²) in [6, 6.07) is 0. The van der Waals surface area contributed by atoms with E-state index in [1.165, 1.54) is 19.3 Å². The topological polar surface area (TPSA) is 55.9 Å². The first-order valence-electron chi connectivity index (χ1n) is 10.8. The van der Waals surface area contributed by atoms with Crippen LogP contribution in [-0.2, 0) is 19.1 Å². The van der Waals surface area contributed by atoms with Crippen molar-refractivity contribution in [3.05, 3.63) is 0 Å². The van der Waals surface area contributed by atoms with Crippen molar-refractivity contribution >= 4 is 11.8 Å². The zero-order valence-electron chi connectivity index (χ0n) is 16.0. The molecule has 26 heavy (non-hydrogen) atoms. The van der Waals surface area contributed by atoms with Crippen molar-refractivity contribution in [1.82, 2.24) is 0 Å². The number of esters is 1. The minimum atomic E-state index is -0.229. The van der Waals surface area contributed by atoms with Gasteiger partial charge in [-0.1, -0.05) is 13.8 Å². The van der Waals surface area contributed by atoms with Gasteiger partial charge in [-0.25, -0.2) is 0 Å². The number of fused-ring (bicyclic) bond motifs is 4. The number of hydrogen-bond donors (Lipinski definition) is 0. The Bertz CT molecular complexity index is 717. The highest BCUT2D eigenvalue weighted by molar-refractivity contribution is 5.80. The van der Waals surface area contributed by atoms with E-state index in [-0.39, 0.29) is 28.0 Å². The third-order valence-electron chi connectivity index (χ3n) is 10.2. The lowest BCUT2D eigenvalue weighted by Gasteiger charge is -2.58. The second kappa shape index (κ2) is 4.56. The average molecular weight is 358 g/mol. The van der Waals surface area contributed by atoms with E-state index in [2.05, 4.69) is 13.8 Å². The Labute approximate surface area is 155 Å². The second-order valence-corrected chi connectivity index (χ2v) is 10.7. The van der Waals surface area contributed by atoms with Crippen LogP contribution in [0.3, 0.4) is 0 Å². The van der Waals surface area contributed by atoms with Gasteiger partial charge in [0, 0.05) is 30.1 Å². The number of ketones is 1. The monoisotopic (exact) mass is 358 g/mol. The third-order valence-corrected chi connectivity index (χ3v) is 10.2. The molecule has 8 atom stereocenters. The maximum absolute atomic E-state index is 12.1. The molecule has 0 N–H and O–H groups in total. The van der Waals surface area contributed by atoms with Gasteiger partial charge in [0.25, 0.3) is 0 Å². The first-order chi connectivity index (χ1) is 12.3. The predicted octanol–water partition coefficient (Wildman–Crippen LogP) is 3.81. The number of carbonyl (C=O) groups excluding carboxylic acids is 2. The zero-order chi connectivity index (χ0) is 17.9. The fourth-order valence-electron chi connectivity index (χ4n) is 8.78. The number of epoxide rings is 1. The standard InChI is InChI=1S/C22H30O4/c1-19-8-5-14(23)11-13(19)3-4-16-15-6-9-21(10-7-18(24)26-21)20(15,2)12-17-22(16,19)25-17/h13,15-17H,3-12H2,1-2H3/t13?,15?,16?,17-,19?,20?,21-,22+/m1/s1. The molecule has 4 heteroatoms. The molecule has 4 nitrogen and oxygen atoms in total. The number of rotatable bonds is 0. The van der Waals surface area contributed by atoms with Gasteiger partial charge in [0.15, 0.2) is 0 Å². The molecule has 2 heterocycles. The van der Waals surface area contributed by atoms with Crippen molar-refractivity contribution in [3.8, 4) is 0 Å². The summed E-state index contributed by atoms with van der Waals surface area (Å²) in [6.45, 7) is 4.83. The van der Waals surface area contributed by atoms with E-state index in [0.29, 0.717) is 36.1 Å². The van der Waals surface area contributed by atoms with Crippen LogP contribution in [0.5, 0.6) is 0 Å². The maximum atomic E-state index is 12.1. The second-order valence-electron chi connectivity index (χ2n) is 10.7. The molecular formula is C22H30O4. The Morgan fingerprint density at radius 3 is 2.54 bits per heavy atom. The zero-order valence-corrected chi connectivity index (χ0v) is 16.0. The van der Waals surface area contributed by atoms with E-state index < -0.39 is 0 Å². The molecule has 0 amide bonds. The Kier molecular flexibility index (Phi) is 2.82. The summed E-state index contributed by atoms with van der Waals surface area (Å²) in [6.07, 6.45) is 9.92. The van der Waals surface area contributed by atoms with Gasteiger partial charge in [-0.2, -0.15) is 0 Å². The molecule has 5 unspecified atom stereocenters. The van der Waals surface area contributed by atoms with E-state index in [1.54, 1.807) is 0 Å². The van der Waals surface area contributed by atoms with Crippen molar-refractivity contribution in [1.29, 1.82) is 0 Å². The Morgan fingerprint density at radius 2 is 1.77 bits per heavy atom. The molecule has 6 rings (SSSR count). The van der Waals surface area contributed by atoms with Gasteiger partial charge >= 0.3 is 5.97 Å². The summed E-state index contributed by atoms with van der Waals surface area (Å²) in [5.74, 6) is 2.15. The quantitative estimate of drug-likeness (QED) is 0.488. The molecule has 2 saturated heterocycles. The van der Waals surface area contributed by atoms with Crippen molar-refractivity contribution in [2.45, 2.75) is 95.4 Å². The summed E-state index contributed by atoms with van der Waals surface area (Å²) >= 11 is 0. The molecule has 0 radical (unpaired) electrons. The fraction of sp³-hybridized carbons (Fsp3) is 0.909. The van der Waals surface area contributed by atoms with Crippen molar-refractivity contribution < 1.29 is 19.1 Å². The van der Waals surface area contributed by atoms with Crippen LogP contribution >= 0.6 is 0 Å². The lowest BCUT2D eigenvalue weighted by molar-refractivity contribution is -0.168. The molecular weight excluding hydrogens is 328 g/mol. The van der Waals surface area contributed by atoms with Crippen LogP contribution in [0.2, 0.25) is 0 Å². The maximum Gasteiger partial charge on any atom is 0.306 e. The summed E-state index contributed by atoms with van der Waals surface area (Å²) in [5.41, 5.74) is 0.0161. The number of hydrogen-bond acceptors (Lipinski definition) is 4. The van der Waals surface area contributed by atoms with Gasteiger partial charge in [-0.3, -0.25) is 9.59 Å². The molecule has 4 saturated carbocycles. The molecule has 0 aromatic rings. The highest BCUT2D eigenvalue weighted by atomic mass is 16.6. The minimum Gasteiger partial charge on any atom is -0.458 e. The molecule has 142 valence electrons. The molecule has 6 fully saturated rings. The third kappa shape index (κ3) is 1.56. The largest absolute Gasteiger partial charge is 0.458 e. The van der Waals surface area contributed by atoms with Crippen LogP contribution < -0.4 is 0 Å². The van der Waals surface area contributed by atoms with E-state index in [9.17, 15) is 9.59 Å². The van der Waals surface area contributed by atoms with Crippen LogP contribution in [0, 0.1) is 28.6 Å². The van der Waals surface area contributed by atoms with Crippen LogP contribution in [0.1, 0.15) is 78.1 Å². The normalized spacial score (nSPS) is 60.1. The average Bonchev–Trinajstić information content (AvgIpc) is 3.08. The summed E-state index contributed by atoms with van der Waals surface area (Å²) in [5, 5.41) is 0. The summed E-state index contributed by atoms with van der Waals surface area (Å²) < 4.78 is 12.7. The van der Waals surface area contributed by atoms with Gasteiger partial charge in [0.1, 0.15) is 17.0 Å². The highest BCUT2D eigenvalue weighted by Crippen LogP contribution is 2.77. The van der Waals surface area contributed by atoms with E-state index in [0.717, 1.165) is 38.5 Å². The molecule has 2 aliphatic heterocycles. The summed E-state index contributed by atoms with van der Waals surface area (Å²) in [4.78, 5) is 24.1. The SMILES string of the molecule is CC12C[C@H]3O[C@@]34C(CCC3CC(=O)CCC34C)C1CC[C@@]21CCC(=O)O1. The molecule has 2 spiro atoms. The van der Waals surface area contributed by atoms with Gasteiger partial charge in [0.05, 0.1) is 6.10 Å². The van der Waals surface area contributed by atoms with Crippen molar-refractivity contribution in [2.24, 2.45) is 28.6 Å². The van der Waals surface area contributed by atoms with Gasteiger partial charge < -0.3 is 9.47 Å². The van der Waals surface area contributed by atoms with Crippen molar-refractivity contribution in [2.75, 3.05) is 0 Å². The minimum absolute atomic E-state index is 0.00175. The Balaban J connectivity index is 1.39. The number of Topliss-reactive ketones (excluding diaryl/α,β-unsaturated/α-hetero) is 1. The smallest absolute Gasteiger partial charge is 0.306 e. The van der Waals surface area contributed by atoms with Gasteiger partial charge in [-0.05, 0) is 62.7 Å². The molecule has 0 bridgehead atoms. The van der Waals surface area contributed by atoms with Gasteiger partial charge in [-0.15, -0.1) is 0 Å². The van der Waals surface area contributed by atoms with Crippen LogP contribution in [0.25, 0.3) is 0 Å². The molecule has 0 aromatic heterocycles.